The van der Waals surface area contributed by atoms with E-state index in [0.717, 1.165) is 39.3 Å². The van der Waals surface area contributed by atoms with Crippen molar-refractivity contribution in [1.29, 1.82) is 0 Å². The molecule has 0 fully saturated rings. The monoisotopic (exact) mass is 906 g/mol. The highest BCUT2D eigenvalue weighted by Gasteiger charge is 2.49. The van der Waals surface area contributed by atoms with Gasteiger partial charge in [-0.1, -0.05) is 249 Å². The number of benzene rings is 12. The molecule has 2 aliphatic rings. The van der Waals surface area contributed by atoms with Gasteiger partial charge in [-0.05, 0) is 136 Å². The van der Waals surface area contributed by atoms with Gasteiger partial charge in [-0.15, -0.1) is 0 Å². The Morgan fingerprint density at radius 1 is 0.282 bits per heavy atom. The third-order valence-electron chi connectivity index (χ3n) is 15.3. The molecule has 0 aliphatic heterocycles. The Hall–Kier alpha value is -9.04. The molecular formula is C70H47N. The molecule has 0 spiro atoms. The standard InChI is InChI=1S/C70H47N/c1-4-20-48(21-5-1)49-38-40-54(41-39-49)71(55-42-44-61-59-32-14-16-34-65(59)69(67(61)46-55,52-26-6-2-7-27-52)63-36-18-24-50-22-10-12-30-57(50)63)56-43-45-62-60-33-15-17-35-66(60)70(68(62)47-56,53-28-8-3-9-29-53)64-37-19-25-51-23-11-13-31-58(51)64/h1-47H/i1D,4D,5D,20D,21D. The number of hydrogen-bond donors (Lipinski definition) is 0. The first-order chi connectivity index (χ1) is 37.3. The van der Waals surface area contributed by atoms with Gasteiger partial charge in [-0.25, -0.2) is 0 Å². The minimum Gasteiger partial charge on any atom is -0.310 e. The van der Waals surface area contributed by atoms with Crippen LogP contribution in [-0.4, -0.2) is 0 Å². The molecule has 12 aromatic carbocycles. The maximum absolute atomic E-state index is 8.91. The fourth-order valence-corrected chi connectivity index (χ4v) is 12.4. The lowest BCUT2D eigenvalue weighted by Gasteiger charge is -2.36. The Kier molecular flexibility index (Phi) is 8.27. The zero-order valence-corrected chi connectivity index (χ0v) is 38.7. The first-order valence-corrected chi connectivity index (χ1v) is 24.3. The summed E-state index contributed by atoms with van der Waals surface area (Å²) in [6.45, 7) is 0. The molecule has 0 aromatic heterocycles. The van der Waals surface area contributed by atoms with E-state index in [1.54, 1.807) is 0 Å². The smallest absolute Gasteiger partial charge is 0.0720 e. The summed E-state index contributed by atoms with van der Waals surface area (Å²) in [7, 11) is 0. The van der Waals surface area contributed by atoms with Crippen LogP contribution in [0.4, 0.5) is 17.1 Å². The zero-order valence-electron chi connectivity index (χ0n) is 43.7. The molecule has 14 rings (SSSR count). The fraction of sp³-hybridized carbons (Fsp3) is 0.0286. The van der Waals surface area contributed by atoms with E-state index >= 15 is 0 Å². The highest BCUT2D eigenvalue weighted by molar-refractivity contribution is 5.98. The third-order valence-corrected chi connectivity index (χ3v) is 15.3. The van der Waals surface area contributed by atoms with Crippen molar-refractivity contribution >= 4 is 38.6 Å². The van der Waals surface area contributed by atoms with Gasteiger partial charge in [0, 0.05) is 17.1 Å². The molecule has 12 aromatic rings. The van der Waals surface area contributed by atoms with Crippen molar-refractivity contribution in [1.82, 2.24) is 0 Å². The van der Waals surface area contributed by atoms with E-state index in [0.29, 0.717) is 5.56 Å². The molecule has 0 bridgehead atoms. The van der Waals surface area contributed by atoms with Gasteiger partial charge in [0.05, 0.1) is 17.7 Å². The third kappa shape index (κ3) is 6.06. The van der Waals surface area contributed by atoms with Gasteiger partial charge >= 0.3 is 0 Å². The average molecular weight is 907 g/mol. The maximum atomic E-state index is 8.91. The van der Waals surface area contributed by atoms with E-state index in [9.17, 15) is 0 Å². The minimum absolute atomic E-state index is 0.167. The van der Waals surface area contributed by atoms with Crippen LogP contribution in [0.3, 0.4) is 0 Å². The number of rotatable bonds is 8. The first kappa shape index (κ1) is 36.0. The minimum atomic E-state index is -0.711. The zero-order chi connectivity index (χ0) is 51.3. The molecule has 71 heavy (non-hydrogen) atoms. The van der Waals surface area contributed by atoms with Crippen molar-refractivity contribution in [3.05, 3.63) is 330 Å². The normalized spacial score (nSPS) is 17.3. The molecule has 2 aliphatic carbocycles. The first-order valence-electron chi connectivity index (χ1n) is 26.8. The summed E-state index contributed by atoms with van der Waals surface area (Å²) >= 11 is 0. The highest BCUT2D eigenvalue weighted by Crippen LogP contribution is 2.60. The molecule has 1 heteroatoms. The van der Waals surface area contributed by atoms with E-state index in [1.807, 2.05) is 24.3 Å². The Labute approximate surface area is 422 Å². The van der Waals surface area contributed by atoms with Crippen molar-refractivity contribution < 1.29 is 6.85 Å². The van der Waals surface area contributed by atoms with Gasteiger partial charge in [0.2, 0.25) is 0 Å². The summed E-state index contributed by atoms with van der Waals surface area (Å²) in [6.07, 6.45) is 0. The molecule has 0 N–H and O–H groups in total. The van der Waals surface area contributed by atoms with Crippen molar-refractivity contribution in [3.63, 3.8) is 0 Å². The molecule has 2 unspecified atom stereocenters. The molecular weight excluding hydrogens is 855 g/mol. The van der Waals surface area contributed by atoms with Crippen LogP contribution in [0.15, 0.2) is 285 Å². The Balaban J connectivity index is 1.06. The molecule has 0 heterocycles. The summed E-state index contributed by atoms with van der Waals surface area (Å²) in [4.78, 5) is 2.33. The van der Waals surface area contributed by atoms with Crippen molar-refractivity contribution in [2.45, 2.75) is 10.8 Å². The van der Waals surface area contributed by atoms with E-state index in [1.165, 1.54) is 66.1 Å². The number of hydrogen-bond acceptors (Lipinski definition) is 1. The maximum Gasteiger partial charge on any atom is 0.0720 e. The van der Waals surface area contributed by atoms with E-state index in [4.69, 9.17) is 6.85 Å². The van der Waals surface area contributed by atoms with Gasteiger partial charge < -0.3 is 4.90 Å². The molecule has 0 saturated heterocycles. The van der Waals surface area contributed by atoms with Crippen LogP contribution < -0.4 is 4.90 Å². The van der Waals surface area contributed by atoms with Crippen LogP contribution in [0, 0.1) is 0 Å². The molecule has 332 valence electrons. The fourth-order valence-electron chi connectivity index (χ4n) is 12.4. The summed E-state index contributed by atoms with van der Waals surface area (Å²) in [5.41, 5.74) is 16.2. The second kappa shape index (κ2) is 16.3. The second-order valence-electron chi connectivity index (χ2n) is 18.7. The molecule has 2 atom stereocenters. The molecule has 0 radical (unpaired) electrons. The van der Waals surface area contributed by atoms with Gasteiger partial charge in [-0.3, -0.25) is 0 Å². The van der Waals surface area contributed by atoms with Crippen LogP contribution >= 0.6 is 0 Å². The van der Waals surface area contributed by atoms with Crippen molar-refractivity contribution in [2.24, 2.45) is 0 Å². The average Bonchev–Trinajstić information content (AvgIpc) is 4.18. The van der Waals surface area contributed by atoms with E-state index in [-0.39, 0.29) is 29.7 Å². The quantitative estimate of drug-likeness (QED) is 0.147. The number of fused-ring (bicyclic) bond motifs is 8. The van der Waals surface area contributed by atoms with E-state index < -0.39 is 16.9 Å². The SMILES string of the molecule is [2H]c1c([2H])c([2H])c(-c2ccc(N(c3ccc4c(c3)C(c3ccccc3)(c3cccc5ccccc35)c3ccccc3-4)c3ccc4c(c3)C(c3ccccc3)(c3cccc5ccccc35)c3ccccc3-4)cc2)c([2H])c1[2H]. The Morgan fingerprint density at radius 2 is 0.676 bits per heavy atom. The predicted molar refractivity (Wildman–Crippen MR) is 296 cm³/mol. The Bertz CT molecular complexity index is 4040. The van der Waals surface area contributed by atoms with Gasteiger partial charge in [0.15, 0.2) is 0 Å². The van der Waals surface area contributed by atoms with Crippen molar-refractivity contribution in [3.8, 4) is 33.4 Å². The lowest BCUT2D eigenvalue weighted by Crippen LogP contribution is -2.29. The topological polar surface area (TPSA) is 3.24 Å². The Morgan fingerprint density at radius 3 is 1.18 bits per heavy atom. The highest BCUT2D eigenvalue weighted by atomic mass is 15.1. The second-order valence-corrected chi connectivity index (χ2v) is 18.7. The van der Waals surface area contributed by atoms with E-state index in [2.05, 4.69) is 235 Å². The lowest BCUT2D eigenvalue weighted by molar-refractivity contribution is 0.775. The molecule has 1 nitrogen and oxygen atoms in total. The van der Waals surface area contributed by atoms with Crippen LogP contribution in [0.1, 0.15) is 51.4 Å². The van der Waals surface area contributed by atoms with Gasteiger partial charge in [0.25, 0.3) is 0 Å². The predicted octanol–water partition coefficient (Wildman–Crippen LogP) is 17.9. The van der Waals surface area contributed by atoms with Gasteiger partial charge in [0.1, 0.15) is 0 Å². The van der Waals surface area contributed by atoms with Crippen molar-refractivity contribution in [2.75, 3.05) is 4.90 Å². The summed E-state index contributed by atoms with van der Waals surface area (Å²) < 4.78 is 43.2. The van der Waals surface area contributed by atoms with Crippen LogP contribution in [0.2, 0.25) is 0 Å². The lowest BCUT2D eigenvalue weighted by atomic mass is 9.66. The van der Waals surface area contributed by atoms with Crippen LogP contribution in [-0.2, 0) is 10.8 Å². The van der Waals surface area contributed by atoms with Crippen LogP contribution in [0.25, 0.3) is 54.9 Å². The molecule has 0 saturated carbocycles. The summed E-state index contributed by atoms with van der Waals surface area (Å²) in [5, 5.41) is 4.72. The van der Waals surface area contributed by atoms with Crippen LogP contribution in [0.5, 0.6) is 0 Å². The van der Waals surface area contributed by atoms with Gasteiger partial charge in [-0.2, -0.15) is 0 Å². The largest absolute Gasteiger partial charge is 0.310 e. The number of anilines is 3. The number of nitrogens with zero attached hydrogens (tertiary/aromatic N) is 1. The molecule has 0 amide bonds. The summed E-state index contributed by atoms with van der Waals surface area (Å²) in [5.74, 6) is 0. The summed E-state index contributed by atoms with van der Waals surface area (Å²) in [6, 6.07) is 90.4.